The van der Waals surface area contributed by atoms with Crippen LogP contribution >= 0.6 is 0 Å². The maximum Gasteiger partial charge on any atom is 0.309 e. The molecule has 3 fully saturated rings. The van der Waals surface area contributed by atoms with Crippen LogP contribution in [0.15, 0.2) is 12.1 Å². The molecule has 8 atom stereocenters. The lowest BCUT2D eigenvalue weighted by atomic mass is 9.49. The van der Waals surface area contributed by atoms with Crippen molar-refractivity contribution in [3.05, 3.63) is 28.8 Å². The van der Waals surface area contributed by atoms with Crippen LogP contribution in [0.1, 0.15) is 74.4 Å². The van der Waals surface area contributed by atoms with Crippen molar-refractivity contribution in [2.75, 3.05) is 14.1 Å². The number of hydrogen-bond acceptors (Lipinski definition) is 10. The third kappa shape index (κ3) is 4.00. The minimum Gasteiger partial charge on any atom is -0.507 e. The molecule has 11 heteroatoms. The summed E-state index contributed by atoms with van der Waals surface area (Å²) >= 11 is 0. The Morgan fingerprint density at radius 3 is 2.19 bits per heavy atom. The van der Waals surface area contributed by atoms with E-state index in [2.05, 4.69) is 0 Å². The highest BCUT2D eigenvalue weighted by atomic mass is 16.5. The van der Waals surface area contributed by atoms with Gasteiger partial charge in [0.2, 0.25) is 5.91 Å². The summed E-state index contributed by atoms with van der Waals surface area (Å²) in [5.41, 5.74) is 2.65. The number of aliphatic hydroxyl groups is 1. The minimum absolute atomic E-state index is 0.0920. The number of primary amides is 1. The van der Waals surface area contributed by atoms with Gasteiger partial charge in [0.05, 0.1) is 29.4 Å². The Morgan fingerprint density at radius 2 is 1.69 bits per heavy atom. The van der Waals surface area contributed by atoms with Gasteiger partial charge in [-0.2, -0.15) is 0 Å². The number of aromatic hydroxyl groups is 1. The van der Waals surface area contributed by atoms with Crippen LogP contribution in [0.3, 0.4) is 0 Å². The summed E-state index contributed by atoms with van der Waals surface area (Å²) in [6.45, 7) is 7.29. The summed E-state index contributed by atoms with van der Waals surface area (Å²) in [7, 11) is 2.96. The number of amides is 1. The molecule has 4 aliphatic carbocycles. The Balaban J connectivity index is 1.76. The number of phenols is 1. The molecule has 1 aromatic carbocycles. The van der Waals surface area contributed by atoms with E-state index >= 15 is 0 Å². The zero-order chi connectivity index (χ0) is 31.2. The van der Waals surface area contributed by atoms with Gasteiger partial charge in [-0.15, -0.1) is 0 Å². The standard InChI is InChI=1S/C31H38N2O9/c1-12-14-10-11-15(30(2,3)4)22(34)17(14)23(35)18-16(12)25(42-29(40)13-8-7-9-13)20-21(33(5)6)24(36)19(28(32)39)27(38)31(20,41)26(18)37/h10-13,16,18-21,25,34,41H,7-9H2,1-6H3,(H2,32,39)/t12-,16+,18?,19?,20+,21?,25-,31-/m0/s1. The summed E-state index contributed by atoms with van der Waals surface area (Å²) in [6, 6.07) is 2.01. The van der Waals surface area contributed by atoms with E-state index < -0.39 is 93.7 Å². The predicted octanol–water partition coefficient (Wildman–Crippen LogP) is 1.05. The lowest BCUT2D eigenvalue weighted by Crippen LogP contribution is -2.78. The number of nitrogens with zero attached hydrogens (tertiary/aromatic N) is 1. The van der Waals surface area contributed by atoms with Crippen molar-refractivity contribution in [1.29, 1.82) is 0 Å². The Morgan fingerprint density at radius 1 is 1.07 bits per heavy atom. The lowest BCUT2D eigenvalue weighted by molar-refractivity contribution is -0.208. The number of ketones is 4. The van der Waals surface area contributed by atoms with Gasteiger partial charge in [-0.3, -0.25) is 33.7 Å². The summed E-state index contributed by atoms with van der Waals surface area (Å²) < 4.78 is 6.05. The first-order chi connectivity index (χ1) is 19.5. The van der Waals surface area contributed by atoms with Crippen molar-refractivity contribution in [3.63, 3.8) is 0 Å². The van der Waals surface area contributed by atoms with E-state index in [0.29, 0.717) is 24.0 Å². The predicted molar refractivity (Wildman–Crippen MR) is 147 cm³/mol. The van der Waals surface area contributed by atoms with Gasteiger partial charge in [0.25, 0.3) is 0 Å². The third-order valence-corrected chi connectivity index (χ3v) is 9.96. The fourth-order valence-corrected chi connectivity index (χ4v) is 7.59. The van der Waals surface area contributed by atoms with Crippen LogP contribution in [0.4, 0.5) is 0 Å². The first kappa shape index (κ1) is 30.0. The molecular weight excluding hydrogens is 544 g/mol. The normalized spacial score (nSPS) is 34.8. The molecule has 3 unspecified atom stereocenters. The number of rotatable bonds is 4. The van der Waals surface area contributed by atoms with Crippen LogP contribution < -0.4 is 5.73 Å². The van der Waals surface area contributed by atoms with E-state index in [1.807, 2.05) is 20.8 Å². The number of likely N-dealkylation sites (N-methyl/N-ethyl adjacent to an activating group) is 1. The van der Waals surface area contributed by atoms with Crippen LogP contribution in [0.5, 0.6) is 5.75 Å². The van der Waals surface area contributed by atoms with Crippen molar-refractivity contribution in [2.24, 2.45) is 35.3 Å². The number of fused-ring (bicyclic) bond motifs is 3. The zero-order valence-corrected chi connectivity index (χ0v) is 24.7. The Bertz CT molecular complexity index is 1420. The molecule has 0 aromatic heterocycles. The molecule has 5 rings (SSSR count). The molecule has 0 bridgehead atoms. The second kappa shape index (κ2) is 9.80. The molecule has 3 saturated carbocycles. The number of Topliss-reactive ketones (excluding diaryl/α,β-unsaturated/α-hetero) is 4. The van der Waals surface area contributed by atoms with Gasteiger partial charge in [-0.05, 0) is 49.4 Å². The zero-order valence-electron chi connectivity index (χ0n) is 24.7. The second-order valence-corrected chi connectivity index (χ2v) is 13.6. The van der Waals surface area contributed by atoms with Crippen molar-refractivity contribution in [1.82, 2.24) is 4.90 Å². The van der Waals surface area contributed by atoms with E-state index in [9.17, 15) is 39.0 Å². The highest BCUT2D eigenvalue weighted by molar-refractivity contribution is 6.32. The SMILES string of the molecule is C[C@H]1c2ccc(C(C)(C)C)c(O)c2C(=O)C2C(=O)[C@]3(O)C(=O)C(C(N)=O)C(=O)C(N(C)C)[C@@H]3[C@@H](OC(=O)C3CCC3)[C@@H]21. The van der Waals surface area contributed by atoms with Gasteiger partial charge in [0.15, 0.2) is 34.7 Å². The number of nitrogens with two attached hydrogens (primary N) is 1. The number of hydrogen-bond donors (Lipinski definition) is 3. The van der Waals surface area contributed by atoms with Crippen molar-refractivity contribution in [2.45, 2.75) is 76.0 Å². The van der Waals surface area contributed by atoms with E-state index in [1.165, 1.54) is 19.0 Å². The molecule has 0 saturated heterocycles. The molecule has 0 heterocycles. The van der Waals surface area contributed by atoms with E-state index in [-0.39, 0.29) is 11.3 Å². The Labute approximate surface area is 243 Å². The fourth-order valence-electron chi connectivity index (χ4n) is 7.59. The van der Waals surface area contributed by atoms with Crippen LogP contribution in [-0.4, -0.2) is 82.0 Å². The van der Waals surface area contributed by atoms with Crippen molar-refractivity contribution in [3.8, 4) is 5.75 Å². The molecule has 0 radical (unpaired) electrons. The summed E-state index contributed by atoms with van der Waals surface area (Å²) in [4.78, 5) is 83.0. The van der Waals surface area contributed by atoms with E-state index in [4.69, 9.17) is 10.5 Å². The highest BCUT2D eigenvalue weighted by Gasteiger charge is 2.74. The molecule has 1 amide bonds. The average molecular weight is 583 g/mol. The van der Waals surface area contributed by atoms with Gasteiger partial charge < -0.3 is 20.7 Å². The number of ether oxygens (including phenoxy) is 1. The first-order valence-electron chi connectivity index (χ1n) is 14.4. The van der Waals surface area contributed by atoms with Crippen LogP contribution in [-0.2, 0) is 34.1 Å². The topological polar surface area (TPSA) is 181 Å². The number of carbonyl (C=O) groups excluding carboxylic acids is 6. The summed E-state index contributed by atoms with van der Waals surface area (Å²) in [5, 5.41) is 23.4. The number of esters is 1. The minimum atomic E-state index is -3.03. The molecule has 226 valence electrons. The second-order valence-electron chi connectivity index (χ2n) is 13.6. The third-order valence-electron chi connectivity index (χ3n) is 9.96. The van der Waals surface area contributed by atoms with Gasteiger partial charge in [-0.25, -0.2) is 0 Å². The van der Waals surface area contributed by atoms with Crippen molar-refractivity contribution >= 4 is 35.0 Å². The molecule has 1 aromatic rings. The summed E-state index contributed by atoms with van der Waals surface area (Å²) in [6.07, 6.45) is 0.550. The van der Waals surface area contributed by atoms with E-state index in [0.717, 1.165) is 6.42 Å². The number of phenolic OH excluding ortho intramolecular Hbond substituents is 1. The Kier molecular flexibility index (Phi) is 7.01. The number of carbonyl (C=O) groups is 6. The first-order valence-corrected chi connectivity index (χ1v) is 14.4. The van der Waals surface area contributed by atoms with Gasteiger partial charge in [0.1, 0.15) is 11.9 Å². The molecule has 42 heavy (non-hydrogen) atoms. The molecule has 0 spiro atoms. The fraction of sp³-hybridized carbons (Fsp3) is 0.613. The maximum atomic E-state index is 14.4. The monoisotopic (exact) mass is 582 g/mol. The highest BCUT2D eigenvalue weighted by Crippen LogP contribution is 2.56. The summed E-state index contributed by atoms with van der Waals surface area (Å²) in [5.74, 6) is -14.2. The van der Waals surface area contributed by atoms with Gasteiger partial charge >= 0.3 is 5.97 Å². The molecule has 4 N–H and O–H groups in total. The molecular formula is C31H38N2O9. The molecule has 11 nitrogen and oxygen atoms in total. The molecule has 0 aliphatic heterocycles. The van der Waals surface area contributed by atoms with E-state index in [1.54, 1.807) is 19.1 Å². The number of benzene rings is 1. The molecule has 4 aliphatic rings. The average Bonchev–Trinajstić information content (AvgIpc) is 2.83. The van der Waals surface area contributed by atoms with Gasteiger partial charge in [0, 0.05) is 5.92 Å². The van der Waals surface area contributed by atoms with Crippen molar-refractivity contribution < 1.29 is 43.7 Å². The smallest absolute Gasteiger partial charge is 0.309 e. The van der Waals surface area contributed by atoms with Gasteiger partial charge in [-0.1, -0.05) is 46.2 Å². The van der Waals surface area contributed by atoms with Crippen LogP contribution in [0, 0.1) is 29.6 Å². The maximum absolute atomic E-state index is 14.4. The quantitative estimate of drug-likeness (QED) is 0.343. The van der Waals surface area contributed by atoms with Crippen LogP contribution in [0.25, 0.3) is 0 Å². The van der Waals surface area contributed by atoms with Crippen LogP contribution in [0.2, 0.25) is 0 Å². The Hall–Kier alpha value is -3.44. The largest absolute Gasteiger partial charge is 0.507 e. The lowest BCUT2D eigenvalue weighted by Gasteiger charge is -2.56.